The third-order valence-corrected chi connectivity index (χ3v) is 5.13. The number of hydrogen-bond acceptors (Lipinski definition) is 6. The number of aliphatic hydroxyl groups excluding tert-OH is 1. The van der Waals surface area contributed by atoms with Crippen LogP contribution in [0.25, 0.3) is 0 Å². The number of nitrogens with one attached hydrogen (secondary N) is 2. The van der Waals surface area contributed by atoms with E-state index in [9.17, 15) is 19.5 Å². The van der Waals surface area contributed by atoms with Crippen molar-refractivity contribution in [2.24, 2.45) is 0 Å². The first-order chi connectivity index (χ1) is 12.8. The van der Waals surface area contributed by atoms with Gasteiger partial charge >= 0.3 is 0 Å². The van der Waals surface area contributed by atoms with Crippen LogP contribution in [0.5, 0.6) is 0 Å². The minimum absolute atomic E-state index is 0.141. The van der Waals surface area contributed by atoms with Gasteiger partial charge in [-0.05, 0) is 52.4 Å². The summed E-state index contributed by atoms with van der Waals surface area (Å²) in [5, 5.41) is 15.1. The van der Waals surface area contributed by atoms with Crippen molar-refractivity contribution in [1.82, 2.24) is 20.4 Å². The summed E-state index contributed by atoms with van der Waals surface area (Å²) in [5.41, 5.74) is 1.19. The van der Waals surface area contributed by atoms with Gasteiger partial charge in [-0.3, -0.25) is 24.6 Å². The second-order valence-electron chi connectivity index (χ2n) is 7.30. The summed E-state index contributed by atoms with van der Waals surface area (Å²) in [7, 11) is 2.07. The molecule has 0 radical (unpaired) electrons. The van der Waals surface area contributed by atoms with Crippen molar-refractivity contribution in [3.05, 3.63) is 23.8 Å². The first kappa shape index (κ1) is 21.3. The summed E-state index contributed by atoms with van der Waals surface area (Å²) in [6, 6.07) is -0.348. The fourth-order valence-electron chi connectivity index (χ4n) is 3.64. The molecule has 2 fully saturated rings. The number of carbonyl (C=O) groups is 3. The van der Waals surface area contributed by atoms with E-state index in [4.69, 9.17) is 0 Å². The molecule has 1 atom stereocenters. The molecule has 27 heavy (non-hydrogen) atoms. The maximum absolute atomic E-state index is 12.7. The molecule has 1 unspecified atom stereocenters. The Morgan fingerprint density at radius 3 is 2.56 bits per heavy atom. The number of hydrogen-bond donors (Lipinski definition) is 3. The molecule has 8 nitrogen and oxygen atoms in total. The number of carbonyl (C=O) groups excluding carboxylic acids is 3. The smallest absolute Gasteiger partial charge is 0.255 e. The second-order valence-corrected chi connectivity index (χ2v) is 7.30. The van der Waals surface area contributed by atoms with Gasteiger partial charge in [-0.25, -0.2) is 0 Å². The molecule has 0 saturated carbocycles. The third kappa shape index (κ3) is 5.72. The number of rotatable bonds is 7. The zero-order chi connectivity index (χ0) is 20.0. The SMILES string of the molecule is C=C(/C=C(\C)CN(C)C1CCNCC1)C(=O)N(CO)C1CCC(=O)NC1=O. The molecule has 0 aromatic heterocycles. The summed E-state index contributed by atoms with van der Waals surface area (Å²) < 4.78 is 0. The number of amides is 3. The molecule has 2 aliphatic heterocycles. The van der Waals surface area contributed by atoms with Crippen molar-refractivity contribution in [2.45, 2.75) is 44.7 Å². The highest BCUT2D eigenvalue weighted by atomic mass is 16.3. The Morgan fingerprint density at radius 1 is 1.30 bits per heavy atom. The van der Waals surface area contributed by atoms with Crippen LogP contribution < -0.4 is 10.6 Å². The predicted molar refractivity (Wildman–Crippen MR) is 102 cm³/mol. The fraction of sp³-hybridized carbons (Fsp3) is 0.632. The zero-order valence-electron chi connectivity index (χ0n) is 16.2. The Kier molecular flexibility index (Phi) is 7.70. The Labute approximate surface area is 160 Å². The summed E-state index contributed by atoms with van der Waals surface area (Å²) in [6.45, 7) is 7.89. The lowest BCUT2D eigenvalue weighted by Gasteiger charge is -2.32. The molecule has 0 aromatic rings. The number of imide groups is 1. The quantitative estimate of drug-likeness (QED) is 0.245. The molecule has 0 spiro atoms. The van der Waals surface area contributed by atoms with E-state index in [1.807, 2.05) is 6.92 Å². The molecular weight excluding hydrogens is 348 g/mol. The van der Waals surface area contributed by atoms with Crippen molar-refractivity contribution in [3.8, 4) is 0 Å². The van der Waals surface area contributed by atoms with E-state index in [0.29, 0.717) is 12.6 Å². The molecule has 8 heteroatoms. The third-order valence-electron chi connectivity index (χ3n) is 5.13. The second kappa shape index (κ2) is 9.77. The number of piperidine rings is 2. The predicted octanol–water partition coefficient (Wildman–Crippen LogP) is -0.244. The molecule has 2 rings (SSSR count). The molecule has 150 valence electrons. The van der Waals surface area contributed by atoms with Gasteiger partial charge in [0.25, 0.3) is 5.91 Å². The van der Waals surface area contributed by atoms with Gasteiger partial charge < -0.3 is 15.3 Å². The molecule has 0 aromatic carbocycles. The van der Waals surface area contributed by atoms with E-state index in [2.05, 4.69) is 29.2 Å². The van der Waals surface area contributed by atoms with Gasteiger partial charge in [0.05, 0.1) is 0 Å². The number of likely N-dealkylation sites (N-methyl/N-ethyl adjacent to an activating group) is 1. The van der Waals surface area contributed by atoms with Gasteiger partial charge in [-0.15, -0.1) is 0 Å². The van der Waals surface area contributed by atoms with Crippen LogP contribution in [0, 0.1) is 0 Å². The Morgan fingerprint density at radius 2 is 1.96 bits per heavy atom. The number of nitrogens with zero attached hydrogens (tertiary/aromatic N) is 2. The van der Waals surface area contributed by atoms with Crippen LogP contribution in [0.4, 0.5) is 0 Å². The minimum Gasteiger partial charge on any atom is -0.376 e. The maximum atomic E-state index is 12.7. The van der Waals surface area contributed by atoms with Crippen LogP contribution in [0.1, 0.15) is 32.6 Å². The Balaban J connectivity index is 1.97. The molecular formula is C19H30N4O4. The lowest BCUT2D eigenvalue weighted by atomic mass is 10.0. The lowest BCUT2D eigenvalue weighted by Crippen LogP contribution is -2.54. The summed E-state index contributed by atoms with van der Waals surface area (Å²) >= 11 is 0. The molecule has 2 heterocycles. The maximum Gasteiger partial charge on any atom is 0.255 e. The molecule has 2 aliphatic rings. The van der Waals surface area contributed by atoms with Crippen LogP contribution in [0.15, 0.2) is 23.8 Å². The van der Waals surface area contributed by atoms with Gasteiger partial charge in [0, 0.05) is 24.6 Å². The van der Waals surface area contributed by atoms with Crippen molar-refractivity contribution in [2.75, 3.05) is 33.4 Å². The van der Waals surface area contributed by atoms with Crippen LogP contribution in [0.3, 0.4) is 0 Å². The zero-order valence-corrected chi connectivity index (χ0v) is 16.2. The summed E-state index contributed by atoms with van der Waals surface area (Å²) in [5.74, 6) is -1.43. The topological polar surface area (TPSA) is 102 Å². The van der Waals surface area contributed by atoms with Gasteiger partial charge in [0.2, 0.25) is 11.8 Å². The standard InChI is InChI=1S/C19H30N4O4/c1-13(11-22(3)15-6-8-20-9-7-15)10-14(2)19(27)23(12-24)16-4-5-17(25)21-18(16)26/h10,15-16,20,24H,2,4-9,11-12H2,1,3H3,(H,21,25,26)/b13-10+. The average Bonchev–Trinajstić information content (AvgIpc) is 2.64. The normalized spacial score (nSPS) is 21.9. The monoisotopic (exact) mass is 378 g/mol. The number of aliphatic hydroxyl groups is 1. The van der Waals surface area contributed by atoms with Gasteiger partial charge in [-0.2, -0.15) is 0 Å². The highest BCUT2D eigenvalue weighted by Gasteiger charge is 2.34. The minimum atomic E-state index is -0.858. The van der Waals surface area contributed by atoms with Crippen LogP contribution in [-0.4, -0.2) is 78.1 Å². The fourth-order valence-corrected chi connectivity index (χ4v) is 3.64. The van der Waals surface area contributed by atoms with Crippen molar-refractivity contribution >= 4 is 17.7 Å². The van der Waals surface area contributed by atoms with E-state index >= 15 is 0 Å². The molecule has 0 aliphatic carbocycles. The van der Waals surface area contributed by atoms with E-state index in [-0.39, 0.29) is 24.3 Å². The van der Waals surface area contributed by atoms with E-state index in [1.54, 1.807) is 6.08 Å². The van der Waals surface area contributed by atoms with E-state index in [1.165, 1.54) is 0 Å². The van der Waals surface area contributed by atoms with Crippen molar-refractivity contribution in [3.63, 3.8) is 0 Å². The molecule has 3 amide bonds. The van der Waals surface area contributed by atoms with Crippen molar-refractivity contribution in [1.29, 1.82) is 0 Å². The Hall–Kier alpha value is -2.03. The van der Waals surface area contributed by atoms with Crippen LogP contribution in [0.2, 0.25) is 0 Å². The van der Waals surface area contributed by atoms with Gasteiger partial charge in [0.1, 0.15) is 12.8 Å². The summed E-state index contributed by atoms with van der Waals surface area (Å²) in [6.07, 6.45) is 4.23. The molecule has 0 bridgehead atoms. The van der Waals surface area contributed by atoms with Gasteiger partial charge in [-0.1, -0.05) is 12.2 Å². The summed E-state index contributed by atoms with van der Waals surface area (Å²) in [4.78, 5) is 39.3. The van der Waals surface area contributed by atoms with E-state index in [0.717, 1.165) is 36.4 Å². The van der Waals surface area contributed by atoms with Crippen LogP contribution in [-0.2, 0) is 14.4 Å². The van der Waals surface area contributed by atoms with Crippen molar-refractivity contribution < 1.29 is 19.5 Å². The highest BCUT2D eigenvalue weighted by Crippen LogP contribution is 2.17. The largest absolute Gasteiger partial charge is 0.376 e. The van der Waals surface area contributed by atoms with Gasteiger partial charge in [0.15, 0.2) is 0 Å². The van der Waals surface area contributed by atoms with E-state index < -0.39 is 24.6 Å². The lowest BCUT2D eigenvalue weighted by molar-refractivity contribution is -0.147. The first-order valence-corrected chi connectivity index (χ1v) is 9.36. The first-order valence-electron chi connectivity index (χ1n) is 9.36. The molecule has 2 saturated heterocycles. The average molecular weight is 378 g/mol. The Bertz CT molecular complexity index is 625. The molecule has 3 N–H and O–H groups in total. The highest BCUT2D eigenvalue weighted by molar-refractivity contribution is 6.04. The van der Waals surface area contributed by atoms with Crippen LogP contribution >= 0.6 is 0 Å².